The van der Waals surface area contributed by atoms with Gasteiger partial charge in [-0.25, -0.2) is 0 Å². The summed E-state index contributed by atoms with van der Waals surface area (Å²) in [6.07, 6.45) is 1.99. The van der Waals surface area contributed by atoms with Crippen LogP contribution in [-0.2, 0) is 4.79 Å². The fraction of sp³-hybridized carbons (Fsp3) is 0.385. The largest absolute Gasteiger partial charge is 0.354 e. The fourth-order valence-electron chi connectivity index (χ4n) is 1.60. The van der Waals surface area contributed by atoms with Crippen LogP contribution in [0.3, 0.4) is 0 Å². The van der Waals surface area contributed by atoms with Gasteiger partial charge in [0.1, 0.15) is 0 Å². The van der Waals surface area contributed by atoms with Crippen molar-refractivity contribution in [3.05, 3.63) is 29.8 Å². The quantitative estimate of drug-likeness (QED) is 0.553. The van der Waals surface area contributed by atoms with E-state index in [1.807, 2.05) is 6.07 Å². The molecule has 1 aromatic carbocycles. The van der Waals surface area contributed by atoms with Gasteiger partial charge in [-0.1, -0.05) is 6.07 Å². The summed E-state index contributed by atoms with van der Waals surface area (Å²) in [6.45, 7) is 0.912. The number of carbonyl (C=O) groups excluding carboxylic acids is 2. The van der Waals surface area contributed by atoms with E-state index >= 15 is 0 Å². The number of benzene rings is 1. The molecular formula is C13H16N2O2S. The molecule has 4 nitrogen and oxygen atoms in total. The molecule has 0 heterocycles. The second kappa shape index (κ2) is 5.91. The van der Waals surface area contributed by atoms with Crippen LogP contribution < -0.4 is 10.6 Å². The molecule has 2 amide bonds. The molecular weight excluding hydrogens is 248 g/mol. The molecule has 5 heteroatoms. The van der Waals surface area contributed by atoms with Crippen LogP contribution >= 0.6 is 12.6 Å². The Morgan fingerprint density at radius 3 is 2.61 bits per heavy atom. The first-order chi connectivity index (χ1) is 8.66. The van der Waals surface area contributed by atoms with Crippen molar-refractivity contribution in [2.24, 2.45) is 5.92 Å². The van der Waals surface area contributed by atoms with Gasteiger partial charge in [-0.05, 0) is 31.0 Å². The summed E-state index contributed by atoms with van der Waals surface area (Å²) >= 11 is 4.18. The minimum Gasteiger partial charge on any atom is -0.354 e. The normalized spacial score (nSPS) is 14.1. The van der Waals surface area contributed by atoms with E-state index in [4.69, 9.17) is 0 Å². The summed E-state index contributed by atoms with van der Waals surface area (Å²) in [4.78, 5) is 23.8. The maximum Gasteiger partial charge on any atom is 0.251 e. The molecule has 18 heavy (non-hydrogen) atoms. The number of nitrogens with one attached hydrogen (secondary N) is 2. The van der Waals surface area contributed by atoms with Crippen LogP contribution in [0.15, 0.2) is 29.2 Å². The number of rotatable bonds is 5. The second-order valence-corrected chi connectivity index (χ2v) is 4.89. The second-order valence-electron chi connectivity index (χ2n) is 4.37. The molecule has 1 aromatic rings. The summed E-state index contributed by atoms with van der Waals surface area (Å²) in [5.41, 5.74) is 0.580. The zero-order chi connectivity index (χ0) is 13.0. The molecule has 0 spiro atoms. The molecule has 1 aliphatic rings. The van der Waals surface area contributed by atoms with Crippen LogP contribution in [0.1, 0.15) is 23.2 Å². The van der Waals surface area contributed by atoms with Gasteiger partial charge in [-0.2, -0.15) is 0 Å². The van der Waals surface area contributed by atoms with Crippen molar-refractivity contribution in [1.29, 1.82) is 0 Å². The minimum atomic E-state index is -0.147. The molecule has 1 aliphatic carbocycles. The van der Waals surface area contributed by atoms with Gasteiger partial charge < -0.3 is 10.6 Å². The van der Waals surface area contributed by atoms with Gasteiger partial charge in [0.05, 0.1) is 0 Å². The summed E-state index contributed by atoms with van der Waals surface area (Å²) in [7, 11) is 0. The van der Waals surface area contributed by atoms with Crippen LogP contribution in [0.4, 0.5) is 0 Å². The molecule has 0 aliphatic heterocycles. The fourth-order valence-corrected chi connectivity index (χ4v) is 1.83. The van der Waals surface area contributed by atoms with E-state index in [1.165, 1.54) is 0 Å². The summed E-state index contributed by atoms with van der Waals surface area (Å²) in [5.74, 6) is 0.162. The third-order valence-electron chi connectivity index (χ3n) is 2.77. The monoisotopic (exact) mass is 264 g/mol. The standard InChI is InChI=1S/C13H16N2O2S/c16-12(9-4-5-9)14-6-7-15-13(17)10-2-1-3-11(18)8-10/h1-3,8-9,18H,4-7H2,(H,14,16)(H,15,17). The number of hydrogen-bond donors (Lipinski definition) is 3. The van der Waals surface area contributed by atoms with Crippen molar-refractivity contribution in [3.63, 3.8) is 0 Å². The van der Waals surface area contributed by atoms with Crippen LogP contribution in [0.2, 0.25) is 0 Å². The minimum absolute atomic E-state index is 0.0987. The Labute approximate surface area is 112 Å². The Morgan fingerprint density at radius 2 is 1.94 bits per heavy atom. The number of hydrogen-bond acceptors (Lipinski definition) is 3. The molecule has 0 aromatic heterocycles. The molecule has 1 saturated carbocycles. The number of carbonyl (C=O) groups is 2. The third kappa shape index (κ3) is 3.77. The van der Waals surface area contributed by atoms with E-state index in [9.17, 15) is 9.59 Å². The lowest BCUT2D eigenvalue weighted by Crippen LogP contribution is -2.35. The lowest BCUT2D eigenvalue weighted by atomic mass is 10.2. The van der Waals surface area contributed by atoms with Gasteiger partial charge in [-0.3, -0.25) is 9.59 Å². The highest BCUT2D eigenvalue weighted by Crippen LogP contribution is 2.28. The Balaban J connectivity index is 1.69. The first kappa shape index (κ1) is 13.0. The average Bonchev–Trinajstić information content (AvgIpc) is 3.18. The zero-order valence-electron chi connectivity index (χ0n) is 9.98. The van der Waals surface area contributed by atoms with Crippen molar-refractivity contribution in [2.75, 3.05) is 13.1 Å². The molecule has 96 valence electrons. The highest BCUT2D eigenvalue weighted by Gasteiger charge is 2.28. The predicted octanol–water partition coefficient (Wildman–Crippen LogP) is 1.23. The Kier molecular flexibility index (Phi) is 4.25. The highest BCUT2D eigenvalue weighted by molar-refractivity contribution is 7.80. The molecule has 0 atom stereocenters. The SMILES string of the molecule is O=C(NCCNC(=O)C1CC1)c1cccc(S)c1. The van der Waals surface area contributed by atoms with E-state index < -0.39 is 0 Å². The average molecular weight is 264 g/mol. The Hall–Kier alpha value is -1.49. The van der Waals surface area contributed by atoms with Crippen molar-refractivity contribution in [3.8, 4) is 0 Å². The molecule has 0 bridgehead atoms. The lowest BCUT2D eigenvalue weighted by Gasteiger charge is -2.07. The predicted molar refractivity (Wildman–Crippen MR) is 71.8 cm³/mol. The van der Waals surface area contributed by atoms with E-state index in [0.29, 0.717) is 18.7 Å². The Bertz CT molecular complexity index is 458. The smallest absolute Gasteiger partial charge is 0.251 e. The van der Waals surface area contributed by atoms with E-state index in [-0.39, 0.29) is 17.7 Å². The van der Waals surface area contributed by atoms with Gasteiger partial charge in [-0.15, -0.1) is 12.6 Å². The van der Waals surface area contributed by atoms with Crippen molar-refractivity contribution in [2.45, 2.75) is 17.7 Å². The van der Waals surface area contributed by atoms with E-state index in [2.05, 4.69) is 23.3 Å². The van der Waals surface area contributed by atoms with Crippen LogP contribution in [-0.4, -0.2) is 24.9 Å². The molecule has 1 fully saturated rings. The molecule has 0 saturated heterocycles. The van der Waals surface area contributed by atoms with Gasteiger partial charge in [0.2, 0.25) is 5.91 Å². The van der Waals surface area contributed by atoms with Crippen LogP contribution in [0.5, 0.6) is 0 Å². The number of amides is 2. The van der Waals surface area contributed by atoms with Gasteiger partial charge in [0.15, 0.2) is 0 Å². The van der Waals surface area contributed by atoms with Gasteiger partial charge >= 0.3 is 0 Å². The number of thiol groups is 1. The maximum absolute atomic E-state index is 11.7. The zero-order valence-corrected chi connectivity index (χ0v) is 10.9. The van der Waals surface area contributed by atoms with Gasteiger partial charge in [0, 0.05) is 29.5 Å². The first-order valence-electron chi connectivity index (χ1n) is 6.02. The Morgan fingerprint density at radius 1 is 1.22 bits per heavy atom. The molecule has 0 radical (unpaired) electrons. The summed E-state index contributed by atoms with van der Waals surface area (Å²) in [6, 6.07) is 7.04. The van der Waals surface area contributed by atoms with Gasteiger partial charge in [0.25, 0.3) is 5.91 Å². The topological polar surface area (TPSA) is 58.2 Å². The van der Waals surface area contributed by atoms with Crippen LogP contribution in [0, 0.1) is 5.92 Å². The van der Waals surface area contributed by atoms with Crippen molar-refractivity contribution in [1.82, 2.24) is 10.6 Å². The highest BCUT2D eigenvalue weighted by atomic mass is 32.1. The summed E-state index contributed by atoms with van der Waals surface area (Å²) < 4.78 is 0. The third-order valence-corrected chi connectivity index (χ3v) is 3.04. The van der Waals surface area contributed by atoms with Crippen molar-refractivity contribution < 1.29 is 9.59 Å². The van der Waals surface area contributed by atoms with Crippen LogP contribution in [0.25, 0.3) is 0 Å². The van der Waals surface area contributed by atoms with E-state index in [1.54, 1.807) is 18.2 Å². The lowest BCUT2D eigenvalue weighted by molar-refractivity contribution is -0.122. The molecule has 0 unspecified atom stereocenters. The first-order valence-corrected chi connectivity index (χ1v) is 6.46. The van der Waals surface area contributed by atoms with Crippen molar-refractivity contribution >= 4 is 24.4 Å². The maximum atomic E-state index is 11.7. The van der Waals surface area contributed by atoms with E-state index in [0.717, 1.165) is 17.7 Å². The summed E-state index contributed by atoms with van der Waals surface area (Å²) in [5, 5.41) is 5.55. The molecule has 2 rings (SSSR count). The molecule has 2 N–H and O–H groups in total.